The zero-order valence-corrected chi connectivity index (χ0v) is 10.8. The van der Waals surface area contributed by atoms with Crippen molar-refractivity contribution in [3.8, 4) is 0 Å². The van der Waals surface area contributed by atoms with Gasteiger partial charge in [0.15, 0.2) is 0 Å². The molecule has 0 aliphatic carbocycles. The van der Waals surface area contributed by atoms with Gasteiger partial charge in [0, 0.05) is 0 Å². The highest BCUT2D eigenvalue weighted by Crippen LogP contribution is 2.25. The minimum atomic E-state index is 0.0306. The third-order valence-electron chi connectivity index (χ3n) is 3.31. The smallest absolute Gasteiger partial charge is 0.0970 e. The number of unbranched alkanes of at least 4 members (excludes halogenated alkanes) is 2. The molecular weight excluding hydrogens is 186 g/mol. The molecule has 2 nitrogen and oxygen atoms in total. The minimum Gasteiger partial charge on any atom is -0.150 e. The zero-order valence-electron chi connectivity index (χ0n) is 10.8. The van der Waals surface area contributed by atoms with Crippen LogP contribution in [0.5, 0.6) is 0 Å². The van der Waals surface area contributed by atoms with Gasteiger partial charge < -0.3 is 0 Å². The van der Waals surface area contributed by atoms with E-state index in [2.05, 4.69) is 32.9 Å². The highest BCUT2D eigenvalue weighted by Gasteiger charge is 2.23. The van der Waals surface area contributed by atoms with Crippen LogP contribution in [0.15, 0.2) is 5.18 Å². The standard InChI is InChI=1S/C13H27NO/c1-5-7-9-11(3)13(14-15)12(4)10-8-6-2/h11-13H,5-10H2,1-4H3. The van der Waals surface area contributed by atoms with E-state index in [0.717, 1.165) is 12.8 Å². The molecule has 0 rings (SSSR count). The van der Waals surface area contributed by atoms with E-state index in [-0.39, 0.29) is 6.04 Å². The van der Waals surface area contributed by atoms with Crippen molar-refractivity contribution in [3.05, 3.63) is 4.91 Å². The van der Waals surface area contributed by atoms with Gasteiger partial charge in [0.2, 0.25) is 0 Å². The van der Waals surface area contributed by atoms with Crippen LogP contribution < -0.4 is 0 Å². The van der Waals surface area contributed by atoms with Crippen LogP contribution in [0.4, 0.5) is 0 Å². The molecule has 0 bridgehead atoms. The maximum Gasteiger partial charge on any atom is 0.0970 e. The fraction of sp³-hybridized carbons (Fsp3) is 1.00. The monoisotopic (exact) mass is 213 g/mol. The van der Waals surface area contributed by atoms with Crippen molar-refractivity contribution in [2.75, 3.05) is 0 Å². The van der Waals surface area contributed by atoms with E-state index in [1.807, 2.05) is 0 Å². The first-order chi connectivity index (χ1) is 7.17. The van der Waals surface area contributed by atoms with Crippen LogP contribution in [-0.4, -0.2) is 6.04 Å². The van der Waals surface area contributed by atoms with Crippen LogP contribution >= 0.6 is 0 Å². The topological polar surface area (TPSA) is 29.4 Å². The molecule has 0 heterocycles. The van der Waals surface area contributed by atoms with E-state index in [1.54, 1.807) is 0 Å². The maximum atomic E-state index is 10.9. The maximum absolute atomic E-state index is 10.9. The van der Waals surface area contributed by atoms with E-state index < -0.39 is 0 Å². The summed E-state index contributed by atoms with van der Waals surface area (Å²) >= 11 is 0. The van der Waals surface area contributed by atoms with Gasteiger partial charge in [0.1, 0.15) is 0 Å². The minimum absolute atomic E-state index is 0.0306. The van der Waals surface area contributed by atoms with Crippen molar-refractivity contribution in [1.82, 2.24) is 0 Å². The summed E-state index contributed by atoms with van der Waals surface area (Å²) in [5.41, 5.74) is 0. The third-order valence-corrected chi connectivity index (χ3v) is 3.31. The van der Waals surface area contributed by atoms with Crippen LogP contribution in [0.1, 0.15) is 66.2 Å². The molecule has 15 heavy (non-hydrogen) atoms. The molecule has 2 heteroatoms. The molecule has 0 saturated heterocycles. The third kappa shape index (κ3) is 5.91. The highest BCUT2D eigenvalue weighted by molar-refractivity contribution is 4.78. The summed E-state index contributed by atoms with van der Waals surface area (Å²) in [5, 5.41) is 3.34. The van der Waals surface area contributed by atoms with Gasteiger partial charge >= 0.3 is 0 Å². The van der Waals surface area contributed by atoms with Crippen molar-refractivity contribution >= 4 is 0 Å². The van der Waals surface area contributed by atoms with E-state index in [1.165, 1.54) is 25.7 Å². The van der Waals surface area contributed by atoms with Crippen molar-refractivity contribution in [2.24, 2.45) is 17.0 Å². The molecule has 0 aromatic carbocycles. The number of hydrogen-bond donors (Lipinski definition) is 0. The molecule has 90 valence electrons. The average molecular weight is 213 g/mol. The van der Waals surface area contributed by atoms with Gasteiger partial charge in [-0.1, -0.05) is 58.6 Å². The first-order valence-electron chi connectivity index (χ1n) is 6.49. The predicted molar refractivity (Wildman–Crippen MR) is 67.0 cm³/mol. The highest BCUT2D eigenvalue weighted by atomic mass is 16.3. The predicted octanol–water partition coefficient (Wildman–Crippen LogP) is 4.77. The molecule has 0 saturated carbocycles. The van der Waals surface area contributed by atoms with Gasteiger partial charge in [-0.3, -0.25) is 0 Å². The molecule has 0 N–H and O–H groups in total. The second-order valence-electron chi connectivity index (χ2n) is 4.84. The first-order valence-corrected chi connectivity index (χ1v) is 6.49. The van der Waals surface area contributed by atoms with E-state index in [0.29, 0.717) is 11.8 Å². The Labute approximate surface area is 94.8 Å². The lowest BCUT2D eigenvalue weighted by molar-refractivity contribution is 0.305. The quantitative estimate of drug-likeness (QED) is 0.507. The molecule has 0 aliphatic heterocycles. The van der Waals surface area contributed by atoms with Gasteiger partial charge in [-0.25, -0.2) is 0 Å². The number of rotatable bonds is 9. The lowest BCUT2D eigenvalue weighted by atomic mass is 9.85. The molecule has 0 fully saturated rings. The molecule has 2 unspecified atom stereocenters. The Bertz CT molecular complexity index is 145. The second-order valence-corrected chi connectivity index (χ2v) is 4.84. The summed E-state index contributed by atoms with van der Waals surface area (Å²) in [6.45, 7) is 8.72. The van der Waals surface area contributed by atoms with Gasteiger partial charge in [-0.2, -0.15) is 4.91 Å². The van der Waals surface area contributed by atoms with E-state index in [4.69, 9.17) is 0 Å². The fourth-order valence-corrected chi connectivity index (χ4v) is 2.16. The number of nitroso groups, excluding NO2 is 1. The summed E-state index contributed by atoms with van der Waals surface area (Å²) in [4.78, 5) is 10.9. The summed E-state index contributed by atoms with van der Waals surface area (Å²) in [5.74, 6) is 0.906. The second kappa shape index (κ2) is 8.87. The Morgan fingerprint density at radius 3 is 1.60 bits per heavy atom. The van der Waals surface area contributed by atoms with Gasteiger partial charge in [0.25, 0.3) is 0 Å². The van der Waals surface area contributed by atoms with Gasteiger partial charge in [-0.15, -0.1) is 0 Å². The van der Waals surface area contributed by atoms with Crippen molar-refractivity contribution in [2.45, 2.75) is 72.3 Å². The first kappa shape index (κ1) is 14.6. The molecule has 0 aromatic rings. The van der Waals surface area contributed by atoms with Gasteiger partial charge in [-0.05, 0) is 24.7 Å². The Hall–Kier alpha value is -0.400. The molecule has 0 aliphatic rings. The summed E-state index contributed by atoms with van der Waals surface area (Å²) < 4.78 is 0. The average Bonchev–Trinajstić information content (AvgIpc) is 2.24. The van der Waals surface area contributed by atoms with Crippen LogP contribution in [0.2, 0.25) is 0 Å². The summed E-state index contributed by atoms with van der Waals surface area (Å²) in [6.07, 6.45) is 7.13. The SMILES string of the molecule is CCCCC(C)C(N=O)C(C)CCCC. The fourth-order valence-electron chi connectivity index (χ4n) is 2.16. The zero-order chi connectivity index (χ0) is 11.7. The normalized spacial score (nSPS) is 17.1. The van der Waals surface area contributed by atoms with Crippen molar-refractivity contribution in [3.63, 3.8) is 0 Å². The molecular formula is C13H27NO. The van der Waals surface area contributed by atoms with Crippen LogP contribution in [0, 0.1) is 16.7 Å². The molecule has 2 atom stereocenters. The van der Waals surface area contributed by atoms with E-state index in [9.17, 15) is 4.91 Å². The Kier molecular flexibility index (Phi) is 8.64. The Morgan fingerprint density at radius 1 is 0.933 bits per heavy atom. The van der Waals surface area contributed by atoms with Gasteiger partial charge in [0.05, 0.1) is 6.04 Å². The Morgan fingerprint density at radius 2 is 1.33 bits per heavy atom. The lowest BCUT2D eigenvalue weighted by Gasteiger charge is -2.23. The summed E-state index contributed by atoms with van der Waals surface area (Å²) in [7, 11) is 0. The molecule has 0 spiro atoms. The van der Waals surface area contributed by atoms with Crippen LogP contribution in [-0.2, 0) is 0 Å². The number of nitrogens with zero attached hydrogens (tertiary/aromatic N) is 1. The molecule has 0 aromatic heterocycles. The van der Waals surface area contributed by atoms with Crippen molar-refractivity contribution < 1.29 is 0 Å². The Balaban J connectivity index is 4.02. The van der Waals surface area contributed by atoms with Crippen molar-refractivity contribution in [1.29, 1.82) is 0 Å². The molecule has 0 radical (unpaired) electrons. The molecule has 0 amide bonds. The summed E-state index contributed by atoms with van der Waals surface area (Å²) in [6, 6.07) is 0.0306. The van der Waals surface area contributed by atoms with Crippen LogP contribution in [0.3, 0.4) is 0 Å². The number of hydrogen-bond acceptors (Lipinski definition) is 2. The van der Waals surface area contributed by atoms with E-state index >= 15 is 0 Å². The largest absolute Gasteiger partial charge is 0.150 e. The lowest BCUT2D eigenvalue weighted by Crippen LogP contribution is -2.23. The van der Waals surface area contributed by atoms with Crippen LogP contribution in [0.25, 0.3) is 0 Å².